The number of carboxylic acid groups (broad SMARTS) is 1. The molecule has 2 unspecified atom stereocenters. The largest absolute Gasteiger partial charge is 0.480 e. The van der Waals surface area contributed by atoms with Crippen molar-refractivity contribution in [2.45, 2.75) is 51.6 Å². The molecular formula is C12H23NO4S. The van der Waals surface area contributed by atoms with Crippen molar-refractivity contribution in [3.8, 4) is 0 Å². The van der Waals surface area contributed by atoms with Gasteiger partial charge in [-0.2, -0.15) is 0 Å². The molecule has 0 aromatic heterocycles. The van der Waals surface area contributed by atoms with E-state index in [4.69, 9.17) is 5.11 Å². The van der Waals surface area contributed by atoms with Gasteiger partial charge >= 0.3 is 5.97 Å². The van der Waals surface area contributed by atoms with E-state index in [9.17, 15) is 13.2 Å². The molecular weight excluding hydrogens is 254 g/mol. The van der Waals surface area contributed by atoms with Gasteiger partial charge in [0.15, 0.2) is 9.84 Å². The van der Waals surface area contributed by atoms with Crippen molar-refractivity contribution in [3.63, 3.8) is 0 Å². The lowest BCUT2D eigenvalue weighted by Gasteiger charge is -2.34. The minimum absolute atomic E-state index is 0.0569. The Morgan fingerprint density at radius 3 is 2.50 bits per heavy atom. The van der Waals surface area contributed by atoms with Crippen LogP contribution in [0.15, 0.2) is 0 Å². The molecule has 0 aliphatic carbocycles. The molecule has 1 fully saturated rings. The first kappa shape index (κ1) is 15.4. The maximum atomic E-state index is 11.5. The minimum atomic E-state index is -2.97. The smallest absolute Gasteiger partial charge is 0.317 e. The summed E-state index contributed by atoms with van der Waals surface area (Å²) in [7, 11) is -2.97. The average molecular weight is 277 g/mol. The van der Waals surface area contributed by atoms with Crippen molar-refractivity contribution >= 4 is 15.8 Å². The number of carboxylic acids is 1. The van der Waals surface area contributed by atoms with Gasteiger partial charge in [-0.3, -0.25) is 9.69 Å². The molecule has 0 aromatic carbocycles. The Balaban J connectivity index is 2.80. The molecule has 0 aromatic rings. The summed E-state index contributed by atoms with van der Waals surface area (Å²) in [6.07, 6.45) is 3.32. The molecule has 1 heterocycles. The average Bonchev–Trinajstić information content (AvgIpc) is 2.63. The second kappa shape index (κ2) is 6.52. The van der Waals surface area contributed by atoms with E-state index < -0.39 is 15.8 Å². The zero-order valence-corrected chi connectivity index (χ0v) is 11.9. The Morgan fingerprint density at radius 1 is 1.44 bits per heavy atom. The van der Waals surface area contributed by atoms with E-state index in [0.29, 0.717) is 6.42 Å². The molecule has 0 amide bonds. The third kappa shape index (κ3) is 4.24. The fourth-order valence-electron chi connectivity index (χ4n) is 2.69. The van der Waals surface area contributed by atoms with Crippen LogP contribution < -0.4 is 0 Å². The van der Waals surface area contributed by atoms with E-state index in [1.807, 2.05) is 11.8 Å². The van der Waals surface area contributed by atoms with Crippen LogP contribution in [-0.2, 0) is 14.6 Å². The number of hydrogen-bond donors (Lipinski definition) is 1. The second-order valence-corrected chi connectivity index (χ2v) is 7.20. The van der Waals surface area contributed by atoms with Crippen LogP contribution in [0.1, 0.15) is 39.5 Å². The van der Waals surface area contributed by atoms with E-state index in [1.54, 1.807) is 0 Å². The molecule has 0 spiro atoms. The van der Waals surface area contributed by atoms with E-state index in [0.717, 1.165) is 19.3 Å². The zero-order chi connectivity index (χ0) is 13.8. The van der Waals surface area contributed by atoms with Crippen LogP contribution in [0.4, 0.5) is 0 Å². The molecule has 0 bridgehead atoms. The van der Waals surface area contributed by atoms with Gasteiger partial charge in [0.1, 0.15) is 0 Å². The summed E-state index contributed by atoms with van der Waals surface area (Å²) in [5, 5.41) is 9.00. The Labute approximate surface area is 109 Å². The molecule has 1 rings (SSSR count). The molecule has 0 radical (unpaired) electrons. The van der Waals surface area contributed by atoms with Crippen LogP contribution in [0.2, 0.25) is 0 Å². The highest BCUT2D eigenvalue weighted by Crippen LogP contribution is 2.23. The molecule has 18 heavy (non-hydrogen) atoms. The maximum Gasteiger partial charge on any atom is 0.317 e. The Morgan fingerprint density at radius 2 is 2.11 bits per heavy atom. The van der Waals surface area contributed by atoms with Crippen molar-refractivity contribution in [2.75, 3.05) is 18.1 Å². The van der Waals surface area contributed by atoms with Crippen molar-refractivity contribution in [1.82, 2.24) is 4.90 Å². The fourth-order valence-corrected chi connectivity index (χ4v) is 4.43. The van der Waals surface area contributed by atoms with E-state index in [2.05, 4.69) is 6.92 Å². The monoisotopic (exact) mass is 277 g/mol. The number of hydrogen-bond acceptors (Lipinski definition) is 4. The van der Waals surface area contributed by atoms with E-state index in [1.165, 1.54) is 0 Å². The van der Waals surface area contributed by atoms with Crippen LogP contribution in [0.5, 0.6) is 0 Å². The lowest BCUT2D eigenvalue weighted by atomic mass is 10.0. The lowest BCUT2D eigenvalue weighted by Crippen LogP contribution is -2.46. The third-order valence-electron chi connectivity index (χ3n) is 3.56. The topological polar surface area (TPSA) is 74.7 Å². The Kier molecular flexibility index (Phi) is 5.59. The molecule has 5 nitrogen and oxygen atoms in total. The summed E-state index contributed by atoms with van der Waals surface area (Å²) in [5.74, 6) is -0.578. The van der Waals surface area contributed by atoms with Crippen molar-refractivity contribution in [3.05, 3.63) is 0 Å². The molecule has 1 N–H and O–H groups in total. The minimum Gasteiger partial charge on any atom is -0.480 e. The summed E-state index contributed by atoms with van der Waals surface area (Å²) in [6, 6.07) is 0.0481. The standard InChI is InChI=1S/C12H23NO4S/c1-3-5-10(4-2)13(8-12(14)15)11-6-7-18(16,17)9-11/h10-11H,3-9H2,1-2H3,(H,14,15). The van der Waals surface area contributed by atoms with Crippen LogP contribution >= 0.6 is 0 Å². The van der Waals surface area contributed by atoms with Gasteiger partial charge in [0.25, 0.3) is 0 Å². The maximum absolute atomic E-state index is 11.5. The SMILES string of the molecule is CCCC(CC)N(CC(=O)O)C1CCS(=O)(=O)C1. The first-order chi connectivity index (χ1) is 8.39. The van der Waals surface area contributed by atoms with Crippen LogP contribution in [-0.4, -0.2) is 54.5 Å². The first-order valence-corrected chi connectivity index (χ1v) is 8.39. The van der Waals surface area contributed by atoms with Crippen molar-refractivity contribution in [2.24, 2.45) is 0 Å². The normalized spacial score (nSPS) is 24.3. The van der Waals surface area contributed by atoms with E-state index >= 15 is 0 Å². The van der Waals surface area contributed by atoms with Crippen molar-refractivity contribution < 1.29 is 18.3 Å². The molecule has 2 atom stereocenters. The van der Waals surface area contributed by atoms with Gasteiger partial charge in [0, 0.05) is 12.1 Å². The number of carbonyl (C=O) groups is 1. The number of rotatable bonds is 7. The molecule has 1 aliphatic heterocycles. The number of aliphatic carboxylic acids is 1. The summed E-state index contributed by atoms with van der Waals surface area (Å²) >= 11 is 0. The highest BCUT2D eigenvalue weighted by molar-refractivity contribution is 7.91. The summed E-state index contributed by atoms with van der Waals surface area (Å²) < 4.78 is 23.1. The number of nitrogens with zero attached hydrogens (tertiary/aromatic N) is 1. The summed E-state index contributed by atoms with van der Waals surface area (Å²) in [6.45, 7) is 4.03. The molecule has 0 saturated carbocycles. The predicted molar refractivity (Wildman–Crippen MR) is 70.4 cm³/mol. The Hall–Kier alpha value is -0.620. The van der Waals surface area contributed by atoms with Gasteiger partial charge < -0.3 is 5.11 Å². The van der Waals surface area contributed by atoms with Gasteiger partial charge in [-0.15, -0.1) is 0 Å². The summed E-state index contributed by atoms with van der Waals surface area (Å²) in [4.78, 5) is 12.8. The highest BCUT2D eigenvalue weighted by atomic mass is 32.2. The van der Waals surface area contributed by atoms with Gasteiger partial charge in [-0.05, 0) is 19.3 Å². The molecule has 1 saturated heterocycles. The molecule has 6 heteroatoms. The third-order valence-corrected chi connectivity index (χ3v) is 5.31. The first-order valence-electron chi connectivity index (χ1n) is 6.57. The lowest BCUT2D eigenvalue weighted by molar-refractivity contribution is -0.139. The second-order valence-electron chi connectivity index (χ2n) is 4.97. The van der Waals surface area contributed by atoms with Gasteiger partial charge in [0.05, 0.1) is 18.1 Å². The summed E-state index contributed by atoms with van der Waals surface area (Å²) in [5.41, 5.74) is 0. The van der Waals surface area contributed by atoms with Gasteiger partial charge in [-0.1, -0.05) is 20.3 Å². The Bertz CT molecular complexity index is 380. The van der Waals surface area contributed by atoms with Crippen molar-refractivity contribution in [1.29, 1.82) is 0 Å². The van der Waals surface area contributed by atoms with Crippen LogP contribution in [0, 0.1) is 0 Å². The van der Waals surface area contributed by atoms with Gasteiger partial charge in [0.2, 0.25) is 0 Å². The predicted octanol–water partition coefficient (Wildman–Crippen LogP) is 1.14. The van der Waals surface area contributed by atoms with E-state index in [-0.39, 0.29) is 30.1 Å². The zero-order valence-electron chi connectivity index (χ0n) is 11.1. The fraction of sp³-hybridized carbons (Fsp3) is 0.917. The quantitative estimate of drug-likeness (QED) is 0.755. The number of sulfone groups is 1. The van der Waals surface area contributed by atoms with Gasteiger partial charge in [-0.25, -0.2) is 8.42 Å². The molecule has 106 valence electrons. The van der Waals surface area contributed by atoms with Crippen LogP contribution in [0.25, 0.3) is 0 Å². The van der Waals surface area contributed by atoms with Crippen LogP contribution in [0.3, 0.4) is 0 Å². The highest BCUT2D eigenvalue weighted by Gasteiger charge is 2.35. The molecule has 1 aliphatic rings.